The molecule has 3 N–H and O–H groups in total. The number of nitrogens with zero attached hydrogens (tertiary/aromatic N) is 1. The van der Waals surface area contributed by atoms with Crippen molar-refractivity contribution in [2.75, 3.05) is 13.2 Å². The molecule has 0 unspecified atom stereocenters. The number of aliphatic hydroxyl groups excluding tert-OH is 1. The van der Waals surface area contributed by atoms with Crippen molar-refractivity contribution in [2.24, 2.45) is 5.92 Å². The van der Waals surface area contributed by atoms with Crippen LogP contribution in [0.2, 0.25) is 0 Å². The Morgan fingerprint density at radius 3 is 2.90 bits per heavy atom. The Morgan fingerprint density at radius 1 is 1.60 bits per heavy atom. The molecule has 0 aliphatic heterocycles. The first-order valence-corrected chi connectivity index (χ1v) is 7.80. The number of hydrogen-bond donors (Lipinski definition) is 3. The van der Waals surface area contributed by atoms with Gasteiger partial charge < -0.3 is 9.84 Å². The van der Waals surface area contributed by atoms with Gasteiger partial charge in [0.15, 0.2) is 5.03 Å². The van der Waals surface area contributed by atoms with Crippen LogP contribution in [0.25, 0.3) is 0 Å². The highest BCUT2D eigenvalue weighted by atomic mass is 32.2. The number of aliphatic hydroxyl groups is 1. The van der Waals surface area contributed by atoms with Gasteiger partial charge in [0.05, 0.1) is 18.9 Å². The van der Waals surface area contributed by atoms with E-state index in [-0.39, 0.29) is 35.8 Å². The first kappa shape index (κ1) is 14.9. The van der Waals surface area contributed by atoms with E-state index in [9.17, 15) is 13.2 Å². The van der Waals surface area contributed by atoms with Crippen LogP contribution in [-0.2, 0) is 14.8 Å². The van der Waals surface area contributed by atoms with Crippen molar-refractivity contribution in [1.29, 1.82) is 0 Å². The van der Waals surface area contributed by atoms with Gasteiger partial charge in [0.25, 0.3) is 10.0 Å². The van der Waals surface area contributed by atoms with Crippen molar-refractivity contribution in [3.8, 4) is 0 Å². The Kier molecular flexibility index (Phi) is 4.41. The molecule has 1 aromatic rings. The summed E-state index contributed by atoms with van der Waals surface area (Å²) in [5.41, 5.74) is -0.118. The number of nitrogens with one attached hydrogen (secondary N) is 2. The summed E-state index contributed by atoms with van der Waals surface area (Å²) in [6.45, 7) is 2.00. The van der Waals surface area contributed by atoms with Gasteiger partial charge in [-0.25, -0.2) is 17.9 Å². The molecule has 9 heteroatoms. The van der Waals surface area contributed by atoms with Gasteiger partial charge in [-0.05, 0) is 25.7 Å². The second-order valence-electron chi connectivity index (χ2n) is 4.68. The molecular formula is C11H17N3O5S. The molecule has 0 bridgehead atoms. The maximum Gasteiger partial charge on any atom is 0.342 e. The van der Waals surface area contributed by atoms with Gasteiger partial charge >= 0.3 is 5.97 Å². The Bertz CT molecular complexity index is 577. The lowest BCUT2D eigenvalue weighted by molar-refractivity contribution is 0.0453. The topological polar surface area (TPSA) is 121 Å². The highest BCUT2D eigenvalue weighted by molar-refractivity contribution is 7.89. The number of ether oxygens (including phenoxy) is 1. The molecule has 1 fully saturated rings. The SMILES string of the molecule is CCOC(=O)c1cn[nH]c1S(=O)(=O)NCC1CC(O)C1. The number of rotatable bonds is 6. The van der Waals surface area contributed by atoms with Crippen molar-refractivity contribution in [3.63, 3.8) is 0 Å². The van der Waals surface area contributed by atoms with E-state index in [0.29, 0.717) is 12.8 Å². The fourth-order valence-electron chi connectivity index (χ4n) is 2.00. The molecular weight excluding hydrogens is 286 g/mol. The summed E-state index contributed by atoms with van der Waals surface area (Å²) in [4.78, 5) is 11.6. The van der Waals surface area contributed by atoms with E-state index in [1.54, 1.807) is 6.92 Å². The average molecular weight is 303 g/mol. The van der Waals surface area contributed by atoms with Gasteiger partial charge in [0.1, 0.15) is 5.56 Å². The van der Waals surface area contributed by atoms with Crippen LogP contribution >= 0.6 is 0 Å². The van der Waals surface area contributed by atoms with Crippen LogP contribution in [0.4, 0.5) is 0 Å². The zero-order chi connectivity index (χ0) is 14.8. The molecule has 1 saturated carbocycles. The molecule has 2 rings (SSSR count). The lowest BCUT2D eigenvalue weighted by Crippen LogP contribution is -2.38. The third kappa shape index (κ3) is 3.17. The van der Waals surface area contributed by atoms with Crippen LogP contribution in [-0.4, -0.2) is 48.9 Å². The molecule has 8 nitrogen and oxygen atoms in total. The number of hydrogen-bond acceptors (Lipinski definition) is 6. The number of aromatic amines is 1. The third-order valence-corrected chi connectivity index (χ3v) is 4.54. The minimum absolute atomic E-state index is 0.118. The van der Waals surface area contributed by atoms with E-state index in [1.807, 2.05) is 0 Å². The zero-order valence-electron chi connectivity index (χ0n) is 11.0. The minimum Gasteiger partial charge on any atom is -0.462 e. The van der Waals surface area contributed by atoms with E-state index in [1.165, 1.54) is 0 Å². The van der Waals surface area contributed by atoms with Gasteiger partial charge in [-0.1, -0.05) is 0 Å². The first-order valence-electron chi connectivity index (χ1n) is 6.32. The largest absolute Gasteiger partial charge is 0.462 e. The van der Waals surface area contributed by atoms with E-state index in [2.05, 4.69) is 14.9 Å². The van der Waals surface area contributed by atoms with Crippen molar-refractivity contribution in [3.05, 3.63) is 11.8 Å². The van der Waals surface area contributed by atoms with Gasteiger partial charge in [-0.3, -0.25) is 5.10 Å². The van der Waals surface area contributed by atoms with Crippen LogP contribution in [0.1, 0.15) is 30.1 Å². The van der Waals surface area contributed by atoms with Crippen LogP contribution in [0.5, 0.6) is 0 Å². The molecule has 112 valence electrons. The zero-order valence-corrected chi connectivity index (χ0v) is 11.8. The van der Waals surface area contributed by atoms with Gasteiger partial charge in [0.2, 0.25) is 0 Å². The second-order valence-corrected chi connectivity index (χ2v) is 6.38. The molecule has 1 aliphatic rings. The summed E-state index contributed by atoms with van der Waals surface area (Å²) in [7, 11) is -3.85. The van der Waals surface area contributed by atoms with Crippen LogP contribution in [0, 0.1) is 5.92 Å². The number of carbonyl (C=O) groups excluding carboxylic acids is 1. The van der Waals surface area contributed by atoms with Gasteiger partial charge in [0, 0.05) is 6.54 Å². The molecule has 1 aliphatic carbocycles. The van der Waals surface area contributed by atoms with Crippen molar-refractivity contribution in [2.45, 2.75) is 30.9 Å². The number of sulfonamides is 1. The molecule has 0 aromatic carbocycles. The molecule has 0 spiro atoms. The highest BCUT2D eigenvalue weighted by Gasteiger charge is 2.30. The van der Waals surface area contributed by atoms with Crippen molar-refractivity contribution >= 4 is 16.0 Å². The summed E-state index contributed by atoms with van der Waals surface area (Å²) in [6.07, 6.45) is 1.94. The Hall–Kier alpha value is -1.45. The summed E-state index contributed by atoms with van der Waals surface area (Å²) in [6, 6.07) is 0. The summed E-state index contributed by atoms with van der Waals surface area (Å²) < 4.78 is 31.4. The molecule has 0 radical (unpaired) electrons. The van der Waals surface area contributed by atoms with Gasteiger partial charge in [-0.15, -0.1) is 0 Å². The lowest BCUT2D eigenvalue weighted by Gasteiger charge is -2.31. The lowest BCUT2D eigenvalue weighted by atomic mass is 9.83. The number of aromatic nitrogens is 2. The highest BCUT2D eigenvalue weighted by Crippen LogP contribution is 2.26. The summed E-state index contributed by atoms with van der Waals surface area (Å²) >= 11 is 0. The number of H-pyrrole nitrogens is 1. The summed E-state index contributed by atoms with van der Waals surface area (Å²) in [5, 5.41) is 14.7. The van der Waals surface area contributed by atoms with E-state index in [4.69, 9.17) is 9.84 Å². The molecule has 20 heavy (non-hydrogen) atoms. The Labute approximate surface area is 116 Å². The summed E-state index contributed by atoms with van der Waals surface area (Å²) in [5.74, 6) is -0.616. The normalized spacial score (nSPS) is 22.3. The number of carbonyl (C=O) groups is 1. The second kappa shape index (κ2) is 5.90. The average Bonchev–Trinajstić information content (AvgIpc) is 2.83. The van der Waals surface area contributed by atoms with Crippen molar-refractivity contribution in [1.82, 2.24) is 14.9 Å². The molecule has 0 atom stereocenters. The number of esters is 1. The predicted octanol–water partition coefficient (Wildman–Crippen LogP) is -0.364. The Balaban J connectivity index is 2.05. The standard InChI is InChI=1S/C11H17N3O5S/c1-2-19-11(16)9-6-12-14-10(9)20(17,18)13-5-7-3-8(15)4-7/h6-8,13,15H,2-5H2,1H3,(H,12,14). The smallest absolute Gasteiger partial charge is 0.342 e. The van der Waals surface area contributed by atoms with Crippen molar-refractivity contribution < 1.29 is 23.1 Å². The molecule has 0 saturated heterocycles. The minimum atomic E-state index is -3.85. The fourth-order valence-corrected chi connectivity index (χ4v) is 3.20. The van der Waals surface area contributed by atoms with E-state index >= 15 is 0 Å². The van der Waals surface area contributed by atoms with Crippen LogP contribution in [0.3, 0.4) is 0 Å². The first-order chi connectivity index (χ1) is 9.44. The maximum absolute atomic E-state index is 12.1. The molecule has 0 amide bonds. The monoisotopic (exact) mass is 303 g/mol. The fraction of sp³-hybridized carbons (Fsp3) is 0.636. The maximum atomic E-state index is 12.1. The molecule has 1 heterocycles. The van der Waals surface area contributed by atoms with E-state index < -0.39 is 16.0 Å². The Morgan fingerprint density at radius 2 is 2.30 bits per heavy atom. The van der Waals surface area contributed by atoms with Gasteiger partial charge in [-0.2, -0.15) is 5.10 Å². The van der Waals surface area contributed by atoms with Crippen LogP contribution in [0.15, 0.2) is 11.2 Å². The predicted molar refractivity (Wildman–Crippen MR) is 68.5 cm³/mol. The molecule has 1 aromatic heterocycles. The quantitative estimate of drug-likeness (QED) is 0.617. The van der Waals surface area contributed by atoms with E-state index in [0.717, 1.165) is 6.20 Å². The van der Waals surface area contributed by atoms with Crippen LogP contribution < -0.4 is 4.72 Å². The third-order valence-electron chi connectivity index (χ3n) is 3.14.